The van der Waals surface area contributed by atoms with Crippen molar-refractivity contribution in [1.82, 2.24) is 10.5 Å². The summed E-state index contributed by atoms with van der Waals surface area (Å²) < 4.78 is 9.88. The quantitative estimate of drug-likeness (QED) is 0.792. The maximum Gasteiger partial charge on any atom is 0.253 e. The van der Waals surface area contributed by atoms with Crippen molar-refractivity contribution in [3.05, 3.63) is 41.8 Å². The standard InChI is InChI=1S/C12H13N3O3/c1-17-8-2-3-10(11(13)6-8)12(16)14-7-9-4-5-15-18-9/h2-6H,7,13H2,1H3,(H,14,16). The van der Waals surface area contributed by atoms with Crippen molar-refractivity contribution in [3.8, 4) is 5.75 Å². The van der Waals surface area contributed by atoms with Gasteiger partial charge in [0.1, 0.15) is 5.75 Å². The van der Waals surface area contributed by atoms with Crippen molar-refractivity contribution in [1.29, 1.82) is 0 Å². The number of amides is 1. The molecule has 0 saturated carbocycles. The summed E-state index contributed by atoms with van der Waals surface area (Å²) in [7, 11) is 1.54. The number of carbonyl (C=O) groups is 1. The van der Waals surface area contributed by atoms with E-state index in [1.807, 2.05) is 0 Å². The van der Waals surface area contributed by atoms with E-state index in [2.05, 4.69) is 10.5 Å². The first-order valence-corrected chi connectivity index (χ1v) is 5.32. The lowest BCUT2D eigenvalue weighted by atomic mass is 10.1. The van der Waals surface area contributed by atoms with Gasteiger partial charge in [0, 0.05) is 17.8 Å². The molecular weight excluding hydrogens is 234 g/mol. The molecule has 0 spiro atoms. The van der Waals surface area contributed by atoms with Crippen LogP contribution < -0.4 is 15.8 Å². The predicted octanol–water partition coefficient (Wildman–Crippen LogP) is 1.20. The number of methoxy groups -OCH3 is 1. The summed E-state index contributed by atoms with van der Waals surface area (Å²) in [5.41, 5.74) is 6.53. The number of hydrogen-bond acceptors (Lipinski definition) is 5. The average Bonchev–Trinajstić information content (AvgIpc) is 2.88. The van der Waals surface area contributed by atoms with E-state index in [-0.39, 0.29) is 12.5 Å². The highest BCUT2D eigenvalue weighted by Crippen LogP contribution is 2.19. The maximum atomic E-state index is 11.9. The lowest BCUT2D eigenvalue weighted by molar-refractivity contribution is 0.0948. The molecule has 94 valence electrons. The van der Waals surface area contributed by atoms with E-state index in [1.165, 1.54) is 6.20 Å². The first-order chi connectivity index (χ1) is 8.70. The van der Waals surface area contributed by atoms with Crippen LogP contribution in [0.3, 0.4) is 0 Å². The first-order valence-electron chi connectivity index (χ1n) is 5.32. The van der Waals surface area contributed by atoms with Gasteiger partial charge in [0.2, 0.25) is 0 Å². The Kier molecular flexibility index (Phi) is 3.47. The largest absolute Gasteiger partial charge is 0.497 e. The Morgan fingerprint density at radius 2 is 2.33 bits per heavy atom. The number of benzene rings is 1. The summed E-state index contributed by atoms with van der Waals surface area (Å²) >= 11 is 0. The minimum absolute atomic E-state index is 0.268. The Balaban J connectivity index is 2.04. The normalized spacial score (nSPS) is 10.1. The number of hydrogen-bond donors (Lipinski definition) is 2. The SMILES string of the molecule is COc1ccc(C(=O)NCc2ccno2)c(N)c1. The fourth-order valence-electron chi connectivity index (χ4n) is 1.47. The number of nitrogens with two attached hydrogens (primary N) is 1. The molecule has 1 amide bonds. The van der Waals surface area contributed by atoms with E-state index in [0.717, 1.165) is 0 Å². The molecule has 3 N–H and O–H groups in total. The van der Waals surface area contributed by atoms with Crippen molar-refractivity contribution in [2.24, 2.45) is 0 Å². The fraction of sp³-hybridized carbons (Fsp3) is 0.167. The third-order valence-corrected chi connectivity index (χ3v) is 2.42. The number of carbonyl (C=O) groups excluding carboxylic acids is 1. The van der Waals surface area contributed by atoms with E-state index in [0.29, 0.717) is 22.8 Å². The Morgan fingerprint density at radius 1 is 1.50 bits per heavy atom. The van der Waals surface area contributed by atoms with E-state index < -0.39 is 0 Å². The Bertz CT molecular complexity index is 538. The van der Waals surface area contributed by atoms with E-state index in [4.69, 9.17) is 15.0 Å². The zero-order valence-corrected chi connectivity index (χ0v) is 9.84. The monoisotopic (exact) mass is 247 g/mol. The maximum absolute atomic E-state index is 11.9. The third kappa shape index (κ3) is 2.60. The van der Waals surface area contributed by atoms with Gasteiger partial charge in [0.05, 0.1) is 25.4 Å². The van der Waals surface area contributed by atoms with Crippen LogP contribution in [-0.4, -0.2) is 18.2 Å². The van der Waals surface area contributed by atoms with Crippen LogP contribution in [0, 0.1) is 0 Å². The Labute approximate surface area is 104 Å². The number of rotatable bonds is 4. The van der Waals surface area contributed by atoms with Crippen molar-refractivity contribution < 1.29 is 14.1 Å². The number of anilines is 1. The van der Waals surface area contributed by atoms with Gasteiger partial charge in [-0.25, -0.2) is 0 Å². The molecular formula is C12H13N3O3. The molecule has 6 nitrogen and oxygen atoms in total. The molecule has 0 aliphatic carbocycles. The number of ether oxygens (including phenoxy) is 1. The highest BCUT2D eigenvalue weighted by Gasteiger charge is 2.10. The molecule has 6 heteroatoms. The molecule has 2 rings (SSSR count). The highest BCUT2D eigenvalue weighted by atomic mass is 16.5. The van der Waals surface area contributed by atoms with Gasteiger partial charge >= 0.3 is 0 Å². The third-order valence-electron chi connectivity index (χ3n) is 2.42. The van der Waals surface area contributed by atoms with Gasteiger partial charge in [-0.15, -0.1) is 0 Å². The smallest absolute Gasteiger partial charge is 0.253 e. The molecule has 0 bridgehead atoms. The minimum atomic E-state index is -0.272. The zero-order valence-electron chi connectivity index (χ0n) is 9.84. The summed E-state index contributed by atoms with van der Waals surface area (Å²) in [6.07, 6.45) is 1.52. The molecule has 0 radical (unpaired) electrons. The van der Waals surface area contributed by atoms with Crippen molar-refractivity contribution in [2.45, 2.75) is 6.54 Å². The van der Waals surface area contributed by atoms with Crippen molar-refractivity contribution in [3.63, 3.8) is 0 Å². The predicted molar refractivity (Wildman–Crippen MR) is 65.1 cm³/mol. The average molecular weight is 247 g/mol. The Morgan fingerprint density at radius 3 is 2.94 bits per heavy atom. The number of nitrogens with zero attached hydrogens (tertiary/aromatic N) is 1. The van der Waals surface area contributed by atoms with Gasteiger partial charge in [-0.05, 0) is 12.1 Å². The van der Waals surface area contributed by atoms with Gasteiger partial charge in [-0.2, -0.15) is 0 Å². The number of aromatic nitrogens is 1. The van der Waals surface area contributed by atoms with Gasteiger partial charge < -0.3 is 20.3 Å². The van der Waals surface area contributed by atoms with Crippen LogP contribution in [0.4, 0.5) is 5.69 Å². The number of nitrogen functional groups attached to an aromatic ring is 1. The van der Waals surface area contributed by atoms with Crippen LogP contribution in [0.15, 0.2) is 35.0 Å². The molecule has 1 aromatic carbocycles. The van der Waals surface area contributed by atoms with Gasteiger partial charge in [0.15, 0.2) is 5.76 Å². The molecule has 18 heavy (non-hydrogen) atoms. The lowest BCUT2D eigenvalue weighted by Crippen LogP contribution is -2.23. The van der Waals surface area contributed by atoms with Gasteiger partial charge in [0.25, 0.3) is 5.91 Å². The first kappa shape index (κ1) is 12.0. The van der Waals surface area contributed by atoms with E-state index in [1.54, 1.807) is 31.4 Å². The second-order valence-electron chi connectivity index (χ2n) is 3.61. The topological polar surface area (TPSA) is 90.4 Å². The lowest BCUT2D eigenvalue weighted by Gasteiger charge is -2.07. The summed E-state index contributed by atoms with van der Waals surface area (Å²) in [5.74, 6) is 0.918. The van der Waals surface area contributed by atoms with Crippen LogP contribution in [0.2, 0.25) is 0 Å². The van der Waals surface area contributed by atoms with Gasteiger partial charge in [-0.3, -0.25) is 4.79 Å². The van der Waals surface area contributed by atoms with Crippen LogP contribution in [-0.2, 0) is 6.54 Å². The second kappa shape index (κ2) is 5.22. The summed E-state index contributed by atoms with van der Waals surface area (Å²) in [6.45, 7) is 0.268. The molecule has 0 saturated heterocycles. The molecule has 1 heterocycles. The summed E-state index contributed by atoms with van der Waals surface area (Å²) in [5, 5.41) is 6.23. The molecule has 0 aliphatic heterocycles. The molecule has 0 aliphatic rings. The summed E-state index contributed by atoms with van der Waals surface area (Å²) in [6, 6.07) is 6.57. The fourth-order valence-corrected chi connectivity index (χ4v) is 1.47. The highest BCUT2D eigenvalue weighted by molar-refractivity contribution is 5.99. The Hall–Kier alpha value is -2.50. The second-order valence-corrected chi connectivity index (χ2v) is 3.61. The minimum Gasteiger partial charge on any atom is -0.497 e. The summed E-state index contributed by atoms with van der Waals surface area (Å²) in [4.78, 5) is 11.9. The van der Waals surface area contributed by atoms with Crippen LogP contribution in [0.1, 0.15) is 16.1 Å². The van der Waals surface area contributed by atoms with Crippen molar-refractivity contribution >= 4 is 11.6 Å². The van der Waals surface area contributed by atoms with Crippen molar-refractivity contribution in [2.75, 3.05) is 12.8 Å². The molecule has 0 fully saturated rings. The van der Waals surface area contributed by atoms with E-state index in [9.17, 15) is 4.79 Å². The van der Waals surface area contributed by atoms with Gasteiger partial charge in [-0.1, -0.05) is 5.16 Å². The molecule has 0 atom stereocenters. The van der Waals surface area contributed by atoms with Crippen LogP contribution in [0.5, 0.6) is 5.75 Å². The van der Waals surface area contributed by atoms with E-state index >= 15 is 0 Å². The zero-order chi connectivity index (χ0) is 13.0. The molecule has 1 aromatic heterocycles. The van der Waals surface area contributed by atoms with Crippen LogP contribution in [0.25, 0.3) is 0 Å². The number of nitrogens with one attached hydrogen (secondary N) is 1. The van der Waals surface area contributed by atoms with Crippen LogP contribution >= 0.6 is 0 Å². The molecule has 0 unspecified atom stereocenters. The molecule has 2 aromatic rings.